The molecule has 0 unspecified atom stereocenters. The molecular formula is C35H48N4O7S. The molecular weight excluding hydrogens is 620 g/mol. The van der Waals surface area contributed by atoms with Crippen molar-refractivity contribution in [3.63, 3.8) is 0 Å². The molecule has 11 nitrogen and oxygen atoms in total. The summed E-state index contributed by atoms with van der Waals surface area (Å²) >= 11 is 1.17. The van der Waals surface area contributed by atoms with Crippen molar-refractivity contribution in [2.24, 2.45) is 17.8 Å². The summed E-state index contributed by atoms with van der Waals surface area (Å²) in [5.74, 6) is -1.74. The summed E-state index contributed by atoms with van der Waals surface area (Å²) < 4.78 is 10.6. The molecule has 256 valence electrons. The van der Waals surface area contributed by atoms with Crippen LogP contribution >= 0.6 is 11.3 Å². The van der Waals surface area contributed by atoms with E-state index in [1.807, 2.05) is 51.2 Å². The van der Waals surface area contributed by atoms with Crippen molar-refractivity contribution in [2.75, 3.05) is 27.7 Å². The largest absolute Gasteiger partial charge is 0.467 e. The predicted octanol–water partition coefficient (Wildman–Crippen LogP) is 4.21. The first-order valence-electron chi connectivity index (χ1n) is 16.4. The number of Topliss-reactive ketones (excluding diaryl/α,β-unsaturated/α-hetero) is 1. The van der Waals surface area contributed by atoms with Gasteiger partial charge >= 0.3 is 11.9 Å². The molecule has 1 saturated carbocycles. The van der Waals surface area contributed by atoms with E-state index in [2.05, 4.69) is 15.2 Å². The molecule has 1 aromatic heterocycles. The Balaban J connectivity index is 1.48. The molecule has 47 heavy (non-hydrogen) atoms. The third kappa shape index (κ3) is 9.70. The number of nitrogens with one attached hydrogen (secondary N) is 1. The van der Waals surface area contributed by atoms with Crippen LogP contribution in [0.5, 0.6) is 0 Å². The molecule has 0 radical (unpaired) electrons. The SMILES string of the molecule is COC(=O)[C@H](Cc1ccccc1)NC(=O)c1csc([C@@H](C[C@H](C(C)C)N(C)C(=O)[C@@H](CC(=O)[C@H]2CCCN2C)C2CC2)OC(C)=O)n1. The number of carbonyl (C=O) groups excluding carboxylic acids is 5. The van der Waals surface area contributed by atoms with Crippen LogP contribution in [0, 0.1) is 17.8 Å². The van der Waals surface area contributed by atoms with Crippen LogP contribution in [-0.4, -0.2) is 90.2 Å². The number of rotatable bonds is 16. The second-order valence-corrected chi connectivity index (χ2v) is 14.0. The van der Waals surface area contributed by atoms with Crippen LogP contribution < -0.4 is 5.32 Å². The van der Waals surface area contributed by atoms with E-state index >= 15 is 0 Å². The number of methoxy groups -OCH3 is 1. The van der Waals surface area contributed by atoms with Gasteiger partial charge in [-0.05, 0) is 56.7 Å². The molecule has 1 aliphatic carbocycles. The van der Waals surface area contributed by atoms with Gasteiger partial charge in [-0.2, -0.15) is 0 Å². The number of amides is 2. The lowest BCUT2D eigenvalue weighted by Gasteiger charge is -2.35. The molecule has 0 spiro atoms. The van der Waals surface area contributed by atoms with Crippen LogP contribution in [0.2, 0.25) is 0 Å². The van der Waals surface area contributed by atoms with Crippen molar-refractivity contribution in [1.82, 2.24) is 20.1 Å². The van der Waals surface area contributed by atoms with E-state index < -0.39 is 30.0 Å². The summed E-state index contributed by atoms with van der Waals surface area (Å²) in [7, 11) is 5.00. The summed E-state index contributed by atoms with van der Waals surface area (Å²) in [5, 5.41) is 4.70. The summed E-state index contributed by atoms with van der Waals surface area (Å²) in [6.45, 7) is 6.21. The van der Waals surface area contributed by atoms with Gasteiger partial charge in [0, 0.05) is 50.6 Å². The van der Waals surface area contributed by atoms with Crippen LogP contribution in [0.25, 0.3) is 0 Å². The maximum atomic E-state index is 14.0. The van der Waals surface area contributed by atoms with E-state index in [0.29, 0.717) is 5.01 Å². The predicted molar refractivity (Wildman–Crippen MR) is 178 cm³/mol. The van der Waals surface area contributed by atoms with Gasteiger partial charge in [-0.3, -0.25) is 24.1 Å². The Morgan fingerprint density at radius 2 is 1.81 bits per heavy atom. The normalized spacial score (nSPS) is 19.0. The highest BCUT2D eigenvalue weighted by Gasteiger charge is 2.43. The zero-order valence-corrected chi connectivity index (χ0v) is 29.1. The lowest BCUT2D eigenvalue weighted by Crippen LogP contribution is -2.46. The second kappa shape index (κ2) is 16.5. The Hall–Kier alpha value is -3.64. The highest BCUT2D eigenvalue weighted by Crippen LogP contribution is 2.41. The van der Waals surface area contributed by atoms with Crippen LogP contribution in [0.1, 0.15) is 86.5 Å². The van der Waals surface area contributed by atoms with Gasteiger partial charge in [-0.1, -0.05) is 44.2 Å². The van der Waals surface area contributed by atoms with Gasteiger partial charge in [0.25, 0.3) is 5.91 Å². The maximum absolute atomic E-state index is 14.0. The van der Waals surface area contributed by atoms with E-state index in [-0.39, 0.29) is 66.5 Å². The highest BCUT2D eigenvalue weighted by molar-refractivity contribution is 7.09. The van der Waals surface area contributed by atoms with Crippen molar-refractivity contribution in [3.05, 3.63) is 52.0 Å². The number of hydrogen-bond acceptors (Lipinski definition) is 10. The summed E-state index contributed by atoms with van der Waals surface area (Å²) in [6, 6.07) is 7.92. The molecule has 0 bridgehead atoms. The smallest absolute Gasteiger partial charge is 0.328 e. The number of esters is 2. The Morgan fingerprint density at radius 3 is 2.38 bits per heavy atom. The first kappa shape index (κ1) is 36.2. The number of likely N-dealkylation sites (tertiary alicyclic amines) is 1. The average molecular weight is 669 g/mol. The fraction of sp³-hybridized carbons (Fsp3) is 0.600. The van der Waals surface area contributed by atoms with Crippen molar-refractivity contribution < 1.29 is 33.4 Å². The number of ketones is 1. The number of aromatic nitrogens is 1. The van der Waals surface area contributed by atoms with Gasteiger partial charge in [0.05, 0.1) is 13.2 Å². The van der Waals surface area contributed by atoms with Gasteiger partial charge in [-0.25, -0.2) is 9.78 Å². The lowest BCUT2D eigenvalue weighted by molar-refractivity contribution is -0.149. The highest BCUT2D eigenvalue weighted by atomic mass is 32.1. The molecule has 2 amide bonds. The molecule has 2 aliphatic rings. The number of benzene rings is 1. The van der Waals surface area contributed by atoms with Crippen LogP contribution in [0.4, 0.5) is 0 Å². The van der Waals surface area contributed by atoms with E-state index in [1.165, 1.54) is 25.4 Å². The molecule has 4 rings (SSSR count). The lowest BCUT2D eigenvalue weighted by atomic mass is 9.90. The van der Waals surface area contributed by atoms with Crippen LogP contribution in [-0.2, 0) is 35.1 Å². The van der Waals surface area contributed by atoms with Crippen molar-refractivity contribution in [3.8, 4) is 0 Å². The van der Waals surface area contributed by atoms with Crippen molar-refractivity contribution in [2.45, 2.75) is 89.9 Å². The number of hydrogen-bond donors (Lipinski definition) is 1. The second-order valence-electron chi connectivity index (χ2n) is 13.2. The molecule has 12 heteroatoms. The molecule has 1 aromatic carbocycles. The average Bonchev–Trinajstić information content (AvgIpc) is 3.59. The summed E-state index contributed by atoms with van der Waals surface area (Å²) in [6.07, 6.45) is 3.64. The zero-order chi connectivity index (χ0) is 34.2. The third-order valence-electron chi connectivity index (χ3n) is 9.30. The number of nitrogens with zero attached hydrogens (tertiary/aromatic N) is 3. The molecule has 1 saturated heterocycles. The summed E-state index contributed by atoms with van der Waals surface area (Å²) in [5.41, 5.74) is 0.938. The first-order chi connectivity index (χ1) is 22.4. The molecule has 2 aromatic rings. The minimum Gasteiger partial charge on any atom is -0.467 e. The van der Waals surface area contributed by atoms with Gasteiger partial charge in [0.15, 0.2) is 11.9 Å². The number of ether oxygens (including phenoxy) is 2. The van der Waals surface area contributed by atoms with Crippen molar-refractivity contribution >= 4 is 40.9 Å². The molecule has 2 heterocycles. The number of carbonyl (C=O) groups is 5. The number of likely N-dealkylation sites (N-methyl/N-ethyl adjacent to an activating group) is 1. The molecule has 1 aliphatic heterocycles. The summed E-state index contributed by atoms with van der Waals surface area (Å²) in [4.78, 5) is 73.5. The monoisotopic (exact) mass is 668 g/mol. The first-order valence-corrected chi connectivity index (χ1v) is 17.3. The van der Waals surface area contributed by atoms with Gasteiger partial charge in [-0.15, -0.1) is 11.3 Å². The minimum absolute atomic E-state index is 0.0000560. The Labute approximate surface area is 281 Å². The molecule has 1 N–H and O–H groups in total. The third-order valence-corrected chi connectivity index (χ3v) is 10.2. The maximum Gasteiger partial charge on any atom is 0.328 e. The fourth-order valence-electron chi connectivity index (χ4n) is 6.50. The standard InChI is InChI=1S/C35H48N4O7S/c1-21(2)29(39(5)34(43)25(24-14-15-24)18-30(41)28-13-10-16-38(28)4)19-31(46-22(3)40)33-37-27(20-47-33)32(42)36-26(35(44)45-6)17-23-11-8-7-9-12-23/h7-9,11-12,20-21,24-26,28-29,31H,10,13-19H2,1-6H3,(H,36,42)/t25-,26-,28+,29+,31+/m0/s1. The van der Waals surface area contributed by atoms with E-state index in [1.54, 1.807) is 17.3 Å². The van der Waals surface area contributed by atoms with Gasteiger partial charge in [0.2, 0.25) is 5.91 Å². The van der Waals surface area contributed by atoms with Crippen LogP contribution in [0.3, 0.4) is 0 Å². The van der Waals surface area contributed by atoms with E-state index in [9.17, 15) is 24.0 Å². The van der Waals surface area contributed by atoms with Gasteiger partial charge in [0.1, 0.15) is 16.7 Å². The zero-order valence-electron chi connectivity index (χ0n) is 28.3. The Morgan fingerprint density at radius 1 is 1.11 bits per heavy atom. The molecule has 2 fully saturated rings. The van der Waals surface area contributed by atoms with E-state index in [4.69, 9.17) is 9.47 Å². The Bertz CT molecular complexity index is 1410. The van der Waals surface area contributed by atoms with E-state index in [0.717, 1.165) is 37.8 Å². The minimum atomic E-state index is -0.922. The van der Waals surface area contributed by atoms with Gasteiger partial charge < -0.3 is 19.7 Å². The number of thiazole rings is 1. The fourth-order valence-corrected chi connectivity index (χ4v) is 7.34. The molecule has 5 atom stereocenters. The Kier molecular flexibility index (Phi) is 12.7. The van der Waals surface area contributed by atoms with Crippen LogP contribution in [0.15, 0.2) is 35.7 Å². The topological polar surface area (TPSA) is 135 Å². The quantitative estimate of drug-likeness (QED) is 0.261. The van der Waals surface area contributed by atoms with Crippen molar-refractivity contribution in [1.29, 1.82) is 0 Å².